The Bertz CT molecular complexity index is 764. The highest BCUT2D eigenvalue weighted by Crippen LogP contribution is 2.18. The van der Waals surface area contributed by atoms with Crippen LogP contribution in [0.2, 0.25) is 0 Å². The molecule has 2 aromatic rings. The van der Waals surface area contributed by atoms with Crippen molar-refractivity contribution in [3.63, 3.8) is 0 Å². The summed E-state index contributed by atoms with van der Waals surface area (Å²) in [5.41, 5.74) is 2.38. The van der Waals surface area contributed by atoms with Gasteiger partial charge in [-0.3, -0.25) is 14.6 Å². The molecular weight excluding hydrogens is 362 g/mol. The third-order valence-electron chi connectivity index (χ3n) is 5.49. The number of carbonyl (C=O) groups excluding carboxylic acids is 2. The van der Waals surface area contributed by atoms with E-state index in [4.69, 9.17) is 0 Å². The maximum Gasteiger partial charge on any atom is 0.224 e. The number of benzene rings is 1. The number of hydrogen-bond acceptors (Lipinski definition) is 3. The molecule has 0 aliphatic carbocycles. The average molecular weight is 394 g/mol. The van der Waals surface area contributed by atoms with Gasteiger partial charge >= 0.3 is 0 Å². The lowest BCUT2D eigenvalue weighted by atomic mass is 9.96. The van der Waals surface area contributed by atoms with Crippen LogP contribution in [0.15, 0.2) is 54.7 Å². The van der Waals surface area contributed by atoms with Crippen LogP contribution in [-0.4, -0.2) is 41.3 Å². The first-order chi connectivity index (χ1) is 14.2. The van der Waals surface area contributed by atoms with Crippen molar-refractivity contribution < 1.29 is 9.59 Å². The number of aryl methyl sites for hydroxylation is 2. The number of aromatic nitrogens is 1. The molecule has 154 valence electrons. The van der Waals surface area contributed by atoms with E-state index in [0.717, 1.165) is 44.3 Å². The van der Waals surface area contributed by atoms with E-state index in [9.17, 15) is 9.59 Å². The fourth-order valence-corrected chi connectivity index (χ4v) is 3.80. The van der Waals surface area contributed by atoms with Gasteiger partial charge < -0.3 is 10.2 Å². The molecule has 29 heavy (non-hydrogen) atoms. The zero-order valence-electron chi connectivity index (χ0n) is 17.1. The van der Waals surface area contributed by atoms with E-state index in [-0.39, 0.29) is 17.7 Å². The second-order valence-corrected chi connectivity index (χ2v) is 7.73. The monoisotopic (exact) mass is 393 g/mol. The molecule has 5 heteroatoms. The SMILES string of the molecule is O=C(NCCCCc1ccccn1)[C@H]1CCC(=O)N(CCCc2ccccc2)C1. The second kappa shape index (κ2) is 11.3. The summed E-state index contributed by atoms with van der Waals surface area (Å²) in [5, 5.41) is 3.06. The topological polar surface area (TPSA) is 62.3 Å². The van der Waals surface area contributed by atoms with Gasteiger partial charge in [0.25, 0.3) is 0 Å². The van der Waals surface area contributed by atoms with Crippen molar-refractivity contribution in [1.82, 2.24) is 15.2 Å². The van der Waals surface area contributed by atoms with Crippen molar-refractivity contribution in [2.75, 3.05) is 19.6 Å². The van der Waals surface area contributed by atoms with E-state index in [0.29, 0.717) is 25.9 Å². The van der Waals surface area contributed by atoms with Gasteiger partial charge in [0.15, 0.2) is 0 Å². The minimum Gasteiger partial charge on any atom is -0.356 e. The van der Waals surface area contributed by atoms with Crippen LogP contribution in [-0.2, 0) is 22.4 Å². The van der Waals surface area contributed by atoms with Gasteiger partial charge in [-0.05, 0) is 56.2 Å². The molecule has 3 rings (SSSR count). The predicted octanol–water partition coefficient (Wildman–Crippen LogP) is 3.39. The van der Waals surface area contributed by atoms with Crippen LogP contribution in [0.3, 0.4) is 0 Å². The summed E-state index contributed by atoms with van der Waals surface area (Å²) in [4.78, 5) is 30.9. The van der Waals surface area contributed by atoms with Crippen molar-refractivity contribution in [3.8, 4) is 0 Å². The summed E-state index contributed by atoms with van der Waals surface area (Å²) < 4.78 is 0. The molecule has 2 amide bonds. The van der Waals surface area contributed by atoms with Crippen molar-refractivity contribution in [1.29, 1.82) is 0 Å². The first-order valence-corrected chi connectivity index (χ1v) is 10.7. The van der Waals surface area contributed by atoms with Crippen LogP contribution in [0.5, 0.6) is 0 Å². The number of rotatable bonds is 10. The van der Waals surface area contributed by atoms with Crippen LogP contribution in [0.25, 0.3) is 0 Å². The molecule has 1 atom stereocenters. The number of likely N-dealkylation sites (tertiary alicyclic amines) is 1. The maximum atomic E-state index is 12.5. The molecule has 5 nitrogen and oxygen atoms in total. The molecule has 1 aromatic carbocycles. The number of unbranched alkanes of at least 4 members (excludes halogenated alkanes) is 1. The molecule has 1 aliphatic rings. The Hall–Kier alpha value is -2.69. The van der Waals surface area contributed by atoms with Gasteiger partial charge in [0.05, 0.1) is 5.92 Å². The number of hydrogen-bond donors (Lipinski definition) is 1. The Morgan fingerprint density at radius 3 is 2.66 bits per heavy atom. The summed E-state index contributed by atoms with van der Waals surface area (Å²) in [7, 11) is 0. The molecule has 1 saturated heterocycles. The van der Waals surface area contributed by atoms with E-state index in [2.05, 4.69) is 22.4 Å². The highest BCUT2D eigenvalue weighted by Gasteiger charge is 2.29. The zero-order valence-corrected chi connectivity index (χ0v) is 17.1. The summed E-state index contributed by atoms with van der Waals surface area (Å²) in [6.45, 7) is 1.96. The van der Waals surface area contributed by atoms with Crippen LogP contribution in [0.4, 0.5) is 0 Å². The van der Waals surface area contributed by atoms with E-state index >= 15 is 0 Å². The second-order valence-electron chi connectivity index (χ2n) is 7.73. The van der Waals surface area contributed by atoms with Crippen molar-refractivity contribution in [2.24, 2.45) is 5.92 Å². The fourth-order valence-electron chi connectivity index (χ4n) is 3.80. The lowest BCUT2D eigenvalue weighted by molar-refractivity contribution is -0.138. The highest BCUT2D eigenvalue weighted by atomic mass is 16.2. The van der Waals surface area contributed by atoms with Crippen molar-refractivity contribution >= 4 is 11.8 Å². The summed E-state index contributed by atoms with van der Waals surface area (Å²) >= 11 is 0. The Labute approximate surface area is 173 Å². The van der Waals surface area contributed by atoms with Gasteiger partial charge in [-0.15, -0.1) is 0 Å². The Morgan fingerprint density at radius 1 is 1.03 bits per heavy atom. The van der Waals surface area contributed by atoms with Crippen molar-refractivity contribution in [3.05, 3.63) is 66.0 Å². The predicted molar refractivity (Wildman–Crippen MR) is 114 cm³/mol. The van der Waals surface area contributed by atoms with Crippen LogP contribution in [0.1, 0.15) is 43.4 Å². The Morgan fingerprint density at radius 2 is 1.86 bits per heavy atom. The van der Waals surface area contributed by atoms with Gasteiger partial charge in [0.1, 0.15) is 0 Å². The molecule has 0 unspecified atom stereocenters. The van der Waals surface area contributed by atoms with Gasteiger partial charge in [-0.25, -0.2) is 0 Å². The quantitative estimate of drug-likeness (QED) is 0.630. The van der Waals surface area contributed by atoms with Crippen LogP contribution in [0, 0.1) is 5.92 Å². The Balaban J connectivity index is 1.34. The number of nitrogens with zero attached hydrogens (tertiary/aromatic N) is 2. The lowest BCUT2D eigenvalue weighted by Gasteiger charge is -2.32. The molecule has 0 radical (unpaired) electrons. The minimum atomic E-state index is -0.0831. The molecule has 1 fully saturated rings. The van der Waals surface area contributed by atoms with Gasteiger partial charge in [-0.2, -0.15) is 0 Å². The normalized spacial score (nSPS) is 16.6. The molecule has 1 aromatic heterocycles. The van der Waals surface area contributed by atoms with E-state index in [1.54, 1.807) is 0 Å². The largest absolute Gasteiger partial charge is 0.356 e. The summed E-state index contributed by atoms with van der Waals surface area (Å²) in [6, 6.07) is 16.3. The Kier molecular flexibility index (Phi) is 8.23. The fraction of sp³-hybridized carbons (Fsp3) is 0.458. The average Bonchev–Trinajstić information content (AvgIpc) is 2.76. The van der Waals surface area contributed by atoms with Crippen LogP contribution >= 0.6 is 0 Å². The zero-order chi connectivity index (χ0) is 20.3. The first-order valence-electron chi connectivity index (χ1n) is 10.7. The van der Waals surface area contributed by atoms with E-state index in [1.165, 1.54) is 5.56 Å². The smallest absolute Gasteiger partial charge is 0.224 e. The number of carbonyl (C=O) groups is 2. The molecule has 1 aliphatic heterocycles. The third-order valence-corrected chi connectivity index (χ3v) is 5.49. The van der Waals surface area contributed by atoms with Crippen LogP contribution < -0.4 is 5.32 Å². The number of nitrogens with one attached hydrogen (secondary N) is 1. The standard InChI is InChI=1S/C24H31N3O2/c28-23-15-14-21(19-27(23)18-8-11-20-9-2-1-3-10-20)24(29)26-17-7-5-13-22-12-4-6-16-25-22/h1-4,6,9-10,12,16,21H,5,7-8,11,13-15,17-19H2,(H,26,29)/t21-/m0/s1. The molecule has 2 heterocycles. The number of piperidine rings is 1. The van der Waals surface area contributed by atoms with Crippen molar-refractivity contribution in [2.45, 2.75) is 44.9 Å². The third kappa shape index (κ3) is 7.00. The van der Waals surface area contributed by atoms with Gasteiger partial charge in [0, 0.05) is 37.9 Å². The first kappa shape index (κ1) is 21.0. The summed E-state index contributed by atoms with van der Waals surface area (Å²) in [5.74, 6) is 0.182. The molecule has 0 saturated carbocycles. The molecule has 0 spiro atoms. The highest BCUT2D eigenvalue weighted by molar-refractivity contribution is 5.83. The number of pyridine rings is 1. The number of amides is 2. The van der Waals surface area contributed by atoms with Gasteiger partial charge in [-0.1, -0.05) is 36.4 Å². The van der Waals surface area contributed by atoms with Gasteiger partial charge in [0.2, 0.25) is 11.8 Å². The molecular formula is C24H31N3O2. The van der Waals surface area contributed by atoms with E-state index in [1.807, 2.05) is 47.5 Å². The minimum absolute atomic E-state index is 0.0831. The molecule has 0 bridgehead atoms. The van der Waals surface area contributed by atoms with E-state index < -0.39 is 0 Å². The molecule has 1 N–H and O–H groups in total. The summed E-state index contributed by atoms with van der Waals surface area (Å²) in [6.07, 6.45) is 7.71. The lowest BCUT2D eigenvalue weighted by Crippen LogP contribution is -2.46. The maximum absolute atomic E-state index is 12.5.